The Morgan fingerprint density at radius 2 is 1.50 bits per heavy atom. The smallest absolute Gasteiger partial charge is 0.374 e. The third-order valence-electron chi connectivity index (χ3n) is 2.12. The average Bonchev–Trinajstić information content (AvgIpc) is 2.17. The highest BCUT2D eigenvalue weighted by Crippen LogP contribution is 2.29. The Hall–Kier alpha value is 0.117. The van der Waals surface area contributed by atoms with Crippen molar-refractivity contribution in [3.63, 3.8) is 0 Å². The molecule has 0 fully saturated rings. The molecule has 0 rings (SSSR count). The Morgan fingerprint density at radius 1 is 1.12 bits per heavy atom. The topological polar surface area (TPSA) is 44.8 Å². The molecule has 0 N–H and O–H groups in total. The van der Waals surface area contributed by atoms with Gasteiger partial charge in [0.15, 0.2) is 5.12 Å². The Kier molecular flexibility index (Phi) is 8.30. The summed E-state index contributed by atoms with van der Waals surface area (Å²) in [6, 6.07) is 0. The van der Waals surface area contributed by atoms with Crippen molar-refractivity contribution in [1.29, 1.82) is 0 Å². The first-order valence-electron chi connectivity index (χ1n) is 5.66. The molecule has 0 amide bonds. The molecule has 96 valence electrons. The SMILES string of the molecule is CCO[Si](OCC)(OCC)C(C)CC(=O)S. The van der Waals surface area contributed by atoms with Crippen LogP contribution in [0.1, 0.15) is 34.1 Å². The number of carbonyl (C=O) groups is 1. The largest absolute Gasteiger partial charge is 0.504 e. The zero-order valence-corrected chi connectivity index (χ0v) is 12.4. The Morgan fingerprint density at radius 3 is 1.75 bits per heavy atom. The van der Waals surface area contributed by atoms with Crippen LogP contribution in [0.2, 0.25) is 5.54 Å². The molecule has 4 nitrogen and oxygen atoms in total. The van der Waals surface area contributed by atoms with Gasteiger partial charge in [-0.2, -0.15) is 0 Å². The Balaban J connectivity index is 4.74. The van der Waals surface area contributed by atoms with E-state index in [0.29, 0.717) is 26.2 Å². The van der Waals surface area contributed by atoms with Crippen molar-refractivity contribution in [2.45, 2.75) is 39.7 Å². The molecule has 0 spiro atoms. The lowest BCUT2D eigenvalue weighted by Gasteiger charge is -2.32. The fraction of sp³-hybridized carbons (Fsp3) is 0.900. The van der Waals surface area contributed by atoms with Crippen molar-refractivity contribution in [1.82, 2.24) is 0 Å². The van der Waals surface area contributed by atoms with E-state index >= 15 is 0 Å². The first-order chi connectivity index (χ1) is 7.52. The molecular weight excluding hydrogens is 244 g/mol. The van der Waals surface area contributed by atoms with E-state index in [9.17, 15) is 4.79 Å². The summed E-state index contributed by atoms with van der Waals surface area (Å²) in [4.78, 5) is 11.0. The molecule has 0 saturated carbocycles. The second-order valence-corrected chi connectivity index (χ2v) is 6.96. The molecule has 16 heavy (non-hydrogen) atoms. The van der Waals surface area contributed by atoms with E-state index in [1.807, 2.05) is 27.7 Å². The van der Waals surface area contributed by atoms with E-state index in [-0.39, 0.29) is 10.7 Å². The van der Waals surface area contributed by atoms with Gasteiger partial charge < -0.3 is 13.3 Å². The van der Waals surface area contributed by atoms with Crippen LogP contribution >= 0.6 is 12.6 Å². The summed E-state index contributed by atoms with van der Waals surface area (Å²) >= 11 is 3.79. The van der Waals surface area contributed by atoms with Crippen molar-refractivity contribution in [3.05, 3.63) is 0 Å². The Bertz CT molecular complexity index is 196. The van der Waals surface area contributed by atoms with Crippen LogP contribution < -0.4 is 0 Å². The summed E-state index contributed by atoms with van der Waals surface area (Å²) < 4.78 is 17.0. The number of rotatable bonds is 9. The van der Waals surface area contributed by atoms with Crippen LogP contribution in [-0.4, -0.2) is 33.7 Å². The quantitative estimate of drug-likeness (QED) is 0.514. The maximum atomic E-state index is 11.0. The predicted octanol–water partition coefficient (Wildman–Crippen LogP) is 2.27. The molecule has 1 unspecified atom stereocenters. The van der Waals surface area contributed by atoms with Gasteiger partial charge >= 0.3 is 8.80 Å². The first-order valence-corrected chi connectivity index (χ1v) is 7.90. The van der Waals surface area contributed by atoms with E-state index < -0.39 is 8.80 Å². The maximum absolute atomic E-state index is 11.0. The van der Waals surface area contributed by atoms with Crippen LogP contribution in [0.15, 0.2) is 0 Å². The summed E-state index contributed by atoms with van der Waals surface area (Å²) in [5.41, 5.74) is -0.0580. The van der Waals surface area contributed by atoms with Gasteiger partial charge in [-0.1, -0.05) is 6.92 Å². The molecule has 0 heterocycles. The van der Waals surface area contributed by atoms with Crippen LogP contribution in [0.25, 0.3) is 0 Å². The molecule has 0 aromatic carbocycles. The van der Waals surface area contributed by atoms with Crippen LogP contribution in [0.3, 0.4) is 0 Å². The summed E-state index contributed by atoms with van der Waals surface area (Å²) in [6.07, 6.45) is 0.315. The van der Waals surface area contributed by atoms with Gasteiger partial charge in [-0.15, -0.1) is 12.6 Å². The Labute approximate surface area is 104 Å². The fourth-order valence-corrected chi connectivity index (χ4v) is 4.73. The lowest BCUT2D eigenvalue weighted by atomic mass is 10.4. The molecule has 1 atom stereocenters. The van der Waals surface area contributed by atoms with Gasteiger partial charge in [-0.3, -0.25) is 4.79 Å². The average molecular weight is 266 g/mol. The molecule has 0 aromatic heterocycles. The van der Waals surface area contributed by atoms with E-state index in [1.54, 1.807) is 0 Å². The third-order valence-corrected chi connectivity index (χ3v) is 5.79. The highest BCUT2D eigenvalue weighted by Gasteiger charge is 2.47. The highest BCUT2D eigenvalue weighted by molar-refractivity contribution is 7.96. The maximum Gasteiger partial charge on any atom is 0.504 e. The lowest BCUT2D eigenvalue weighted by molar-refractivity contribution is -0.111. The van der Waals surface area contributed by atoms with Gasteiger partial charge in [0, 0.05) is 31.8 Å². The van der Waals surface area contributed by atoms with Crippen molar-refractivity contribution in [2.75, 3.05) is 19.8 Å². The molecule has 0 aliphatic heterocycles. The van der Waals surface area contributed by atoms with E-state index in [4.69, 9.17) is 13.3 Å². The number of carbonyl (C=O) groups excluding carboxylic acids is 1. The highest BCUT2D eigenvalue weighted by atomic mass is 32.1. The summed E-state index contributed by atoms with van der Waals surface area (Å²) in [7, 11) is -2.73. The van der Waals surface area contributed by atoms with Gasteiger partial charge in [0.25, 0.3) is 0 Å². The van der Waals surface area contributed by atoms with Crippen molar-refractivity contribution in [2.24, 2.45) is 0 Å². The normalized spacial score (nSPS) is 13.8. The zero-order chi connectivity index (χ0) is 12.6. The zero-order valence-electron chi connectivity index (χ0n) is 10.5. The van der Waals surface area contributed by atoms with Crippen molar-refractivity contribution < 1.29 is 18.1 Å². The molecule has 6 heteroatoms. The summed E-state index contributed by atoms with van der Waals surface area (Å²) in [5.74, 6) is 0. The minimum atomic E-state index is -2.73. The predicted molar refractivity (Wildman–Crippen MR) is 68.7 cm³/mol. The lowest BCUT2D eigenvalue weighted by Crippen LogP contribution is -2.50. The molecule has 0 aliphatic rings. The molecular formula is C10H22O4SSi. The van der Waals surface area contributed by atoms with Crippen LogP contribution in [0.4, 0.5) is 0 Å². The first kappa shape index (κ1) is 16.1. The summed E-state index contributed by atoms with van der Waals surface area (Å²) in [6.45, 7) is 9.19. The van der Waals surface area contributed by atoms with Crippen LogP contribution in [0, 0.1) is 0 Å². The minimum Gasteiger partial charge on any atom is -0.374 e. The second-order valence-electron chi connectivity index (χ2n) is 3.40. The van der Waals surface area contributed by atoms with Crippen LogP contribution in [0.5, 0.6) is 0 Å². The van der Waals surface area contributed by atoms with E-state index in [2.05, 4.69) is 12.6 Å². The summed E-state index contributed by atoms with van der Waals surface area (Å²) in [5, 5.41) is -0.163. The standard InChI is InChI=1S/C10H22O4SSi/c1-5-12-16(13-6-2,14-7-3)9(4)8-10(11)15/h9H,5-8H2,1-4H3,(H,11,15). The van der Waals surface area contributed by atoms with Crippen molar-refractivity contribution in [3.8, 4) is 0 Å². The van der Waals surface area contributed by atoms with Gasteiger partial charge in [-0.05, 0) is 20.8 Å². The molecule has 0 saturated heterocycles. The van der Waals surface area contributed by atoms with Crippen molar-refractivity contribution >= 4 is 26.5 Å². The van der Waals surface area contributed by atoms with Gasteiger partial charge in [-0.25, -0.2) is 0 Å². The fourth-order valence-electron chi connectivity index (χ4n) is 1.54. The third kappa shape index (κ3) is 4.97. The molecule has 0 radical (unpaired) electrons. The van der Waals surface area contributed by atoms with E-state index in [0.717, 1.165) is 0 Å². The van der Waals surface area contributed by atoms with E-state index in [1.165, 1.54) is 0 Å². The van der Waals surface area contributed by atoms with Crippen LogP contribution in [-0.2, 0) is 18.1 Å². The van der Waals surface area contributed by atoms with Gasteiger partial charge in [0.05, 0.1) is 0 Å². The monoisotopic (exact) mass is 266 g/mol. The second kappa shape index (κ2) is 8.24. The number of thiol groups is 1. The molecule has 0 bridgehead atoms. The molecule has 0 aliphatic carbocycles. The number of hydrogen-bond acceptors (Lipinski definition) is 4. The number of hydrogen-bond donors (Lipinski definition) is 1. The van der Waals surface area contributed by atoms with Gasteiger partial charge in [0.2, 0.25) is 0 Å². The minimum absolute atomic E-state index is 0.0580. The van der Waals surface area contributed by atoms with Gasteiger partial charge in [0.1, 0.15) is 0 Å². The molecule has 0 aromatic rings.